The molecule has 0 bridgehead atoms. The predicted octanol–water partition coefficient (Wildman–Crippen LogP) is 4.20. The molecule has 4 aromatic rings. The number of likely N-dealkylation sites (tertiary alicyclic amines) is 1. The smallest absolute Gasteiger partial charge is 0.234 e. The van der Waals surface area contributed by atoms with Gasteiger partial charge < -0.3 is 5.11 Å². The number of nitrogens with one attached hydrogen (secondary N) is 1. The van der Waals surface area contributed by atoms with Crippen molar-refractivity contribution in [1.29, 1.82) is 0 Å². The minimum absolute atomic E-state index is 0.232. The average molecular weight is 542 g/mol. The van der Waals surface area contributed by atoms with E-state index in [9.17, 15) is 14.7 Å². The van der Waals surface area contributed by atoms with Crippen LogP contribution in [0.1, 0.15) is 55.7 Å². The number of pyridine rings is 1. The number of piperidine rings is 2. The van der Waals surface area contributed by atoms with Crippen LogP contribution in [0.5, 0.6) is 0 Å². The third kappa shape index (κ3) is 4.59. The molecule has 2 aliphatic heterocycles. The maximum atomic E-state index is 16.2. The lowest BCUT2D eigenvalue weighted by molar-refractivity contribution is -0.134. The molecule has 9 heteroatoms. The van der Waals surface area contributed by atoms with Crippen molar-refractivity contribution in [2.24, 2.45) is 5.41 Å². The molecule has 0 aliphatic carbocycles. The summed E-state index contributed by atoms with van der Waals surface area (Å²) in [5.74, 6) is -1.77. The average Bonchev–Trinajstić information content (AvgIpc) is 3.47. The largest absolute Gasteiger partial charge is 0.384 e. The van der Waals surface area contributed by atoms with Crippen molar-refractivity contribution < 1.29 is 19.1 Å². The van der Waals surface area contributed by atoms with Crippen LogP contribution in [0.3, 0.4) is 0 Å². The molecule has 2 fully saturated rings. The highest BCUT2D eigenvalue weighted by atomic mass is 19.1. The van der Waals surface area contributed by atoms with Crippen LogP contribution in [0.2, 0.25) is 0 Å². The summed E-state index contributed by atoms with van der Waals surface area (Å²) < 4.78 is 18.0. The molecule has 2 aromatic heterocycles. The van der Waals surface area contributed by atoms with Crippen LogP contribution < -0.4 is 5.32 Å². The summed E-state index contributed by atoms with van der Waals surface area (Å²) in [7, 11) is 0. The molecule has 2 atom stereocenters. The van der Waals surface area contributed by atoms with Crippen molar-refractivity contribution in [3.63, 3.8) is 0 Å². The van der Waals surface area contributed by atoms with E-state index in [4.69, 9.17) is 0 Å². The second-order valence-electron chi connectivity index (χ2n) is 11.6. The van der Waals surface area contributed by atoms with E-state index in [1.54, 1.807) is 30.6 Å². The Morgan fingerprint density at radius 2 is 1.95 bits per heavy atom. The molecule has 2 aliphatic rings. The Morgan fingerprint density at radius 3 is 2.65 bits per heavy atom. The van der Waals surface area contributed by atoms with E-state index in [1.807, 2.05) is 42.9 Å². The van der Waals surface area contributed by atoms with E-state index in [-0.39, 0.29) is 23.3 Å². The van der Waals surface area contributed by atoms with E-state index in [2.05, 4.69) is 32.4 Å². The van der Waals surface area contributed by atoms with Gasteiger partial charge in [-0.15, -0.1) is 0 Å². The Bertz CT molecular complexity index is 1580. The number of amides is 2. The van der Waals surface area contributed by atoms with Gasteiger partial charge in [-0.1, -0.05) is 32.0 Å². The molecule has 4 heterocycles. The minimum Gasteiger partial charge on any atom is -0.384 e. The highest BCUT2D eigenvalue weighted by Gasteiger charge is 2.50. The number of nitrogens with zero attached hydrogens (tertiary/aromatic N) is 4. The van der Waals surface area contributed by atoms with Crippen molar-refractivity contribution in [1.82, 2.24) is 25.0 Å². The van der Waals surface area contributed by atoms with Crippen molar-refractivity contribution >= 4 is 22.7 Å². The van der Waals surface area contributed by atoms with E-state index in [1.165, 1.54) is 0 Å². The summed E-state index contributed by atoms with van der Waals surface area (Å²) in [5, 5.41) is 18.9. The number of carbonyl (C=O) groups is 2. The molecule has 206 valence electrons. The van der Waals surface area contributed by atoms with Crippen LogP contribution in [0.4, 0.5) is 4.39 Å². The first-order valence-corrected chi connectivity index (χ1v) is 13.6. The fourth-order valence-electron chi connectivity index (χ4n) is 6.20. The van der Waals surface area contributed by atoms with Gasteiger partial charge in [0.15, 0.2) is 0 Å². The molecular weight excluding hydrogens is 509 g/mol. The second kappa shape index (κ2) is 9.91. The fraction of sp³-hybridized carbons (Fsp3) is 0.355. The van der Waals surface area contributed by atoms with Gasteiger partial charge in [-0.2, -0.15) is 5.10 Å². The van der Waals surface area contributed by atoms with Crippen LogP contribution in [0, 0.1) is 11.2 Å². The van der Waals surface area contributed by atoms with Crippen molar-refractivity contribution in [2.45, 2.75) is 51.2 Å². The van der Waals surface area contributed by atoms with E-state index >= 15 is 4.39 Å². The number of imide groups is 1. The van der Waals surface area contributed by atoms with Crippen LogP contribution in [-0.2, 0) is 21.7 Å². The Kier molecular flexibility index (Phi) is 6.51. The van der Waals surface area contributed by atoms with Crippen LogP contribution in [0.15, 0.2) is 67.1 Å². The van der Waals surface area contributed by atoms with E-state index in [0.717, 1.165) is 17.8 Å². The summed E-state index contributed by atoms with van der Waals surface area (Å²) >= 11 is 0. The number of aliphatic hydroxyl groups is 1. The number of rotatable bonds is 5. The molecule has 2 unspecified atom stereocenters. The summed E-state index contributed by atoms with van der Waals surface area (Å²) in [6.45, 7) is 5.85. The molecule has 2 saturated heterocycles. The Labute approximate surface area is 231 Å². The number of benzene rings is 2. The highest BCUT2D eigenvalue weighted by Crippen LogP contribution is 2.48. The molecule has 40 heavy (non-hydrogen) atoms. The number of fused-ring (bicyclic) bond motifs is 1. The van der Waals surface area contributed by atoms with Crippen molar-refractivity contribution in [3.05, 3.63) is 89.6 Å². The molecule has 2 amide bonds. The van der Waals surface area contributed by atoms with Crippen LogP contribution >= 0.6 is 0 Å². The summed E-state index contributed by atoms with van der Waals surface area (Å²) in [6.07, 6.45) is 6.18. The molecular formula is C31H32FN5O3. The van der Waals surface area contributed by atoms with Crippen molar-refractivity contribution in [3.8, 4) is 5.69 Å². The maximum absolute atomic E-state index is 16.2. The first-order chi connectivity index (χ1) is 19.1. The number of halogens is 1. The fourth-order valence-corrected chi connectivity index (χ4v) is 6.20. The predicted molar refractivity (Wildman–Crippen MR) is 148 cm³/mol. The van der Waals surface area contributed by atoms with Gasteiger partial charge in [0.2, 0.25) is 11.8 Å². The van der Waals surface area contributed by atoms with Gasteiger partial charge in [-0.25, -0.2) is 9.07 Å². The first kappa shape index (κ1) is 26.3. The quantitative estimate of drug-likeness (QED) is 0.368. The van der Waals surface area contributed by atoms with Gasteiger partial charge in [0.05, 0.1) is 22.7 Å². The van der Waals surface area contributed by atoms with Gasteiger partial charge in [0.1, 0.15) is 5.82 Å². The molecule has 0 spiro atoms. The summed E-state index contributed by atoms with van der Waals surface area (Å²) in [4.78, 5) is 30.7. The highest BCUT2D eigenvalue weighted by molar-refractivity contribution is 6.01. The third-order valence-electron chi connectivity index (χ3n) is 8.55. The zero-order valence-electron chi connectivity index (χ0n) is 22.6. The topological polar surface area (TPSA) is 100 Å². The Balaban J connectivity index is 1.24. The second-order valence-corrected chi connectivity index (χ2v) is 11.6. The van der Waals surface area contributed by atoms with Gasteiger partial charge >= 0.3 is 0 Å². The van der Waals surface area contributed by atoms with Crippen LogP contribution in [0.25, 0.3) is 16.6 Å². The third-order valence-corrected chi connectivity index (χ3v) is 8.55. The number of aromatic nitrogens is 3. The van der Waals surface area contributed by atoms with Crippen molar-refractivity contribution in [2.75, 3.05) is 13.1 Å². The SMILES string of the molecule is CC1(C)CN(Cc2ccc(-n3cccn3)cc2)CCC1(O)c1ccc2ncc(C3CCC(=O)NC3=O)cc2c1F. The molecule has 8 nitrogen and oxygen atoms in total. The summed E-state index contributed by atoms with van der Waals surface area (Å²) in [5.41, 5.74) is 1.36. The molecule has 2 aromatic carbocycles. The number of hydrogen-bond acceptors (Lipinski definition) is 6. The Morgan fingerprint density at radius 1 is 1.15 bits per heavy atom. The van der Waals surface area contributed by atoms with Gasteiger partial charge in [0, 0.05) is 61.0 Å². The van der Waals surface area contributed by atoms with E-state index < -0.39 is 28.7 Å². The molecule has 2 N–H and O–H groups in total. The number of hydrogen-bond donors (Lipinski definition) is 2. The minimum atomic E-state index is -1.39. The lowest BCUT2D eigenvalue weighted by Gasteiger charge is -2.50. The first-order valence-electron chi connectivity index (χ1n) is 13.6. The lowest BCUT2D eigenvalue weighted by Crippen LogP contribution is -2.55. The monoisotopic (exact) mass is 541 g/mol. The van der Waals surface area contributed by atoms with Gasteiger partial charge in [-0.05, 0) is 54.3 Å². The van der Waals surface area contributed by atoms with Gasteiger partial charge in [0.25, 0.3) is 0 Å². The summed E-state index contributed by atoms with van der Waals surface area (Å²) in [6, 6.07) is 15.1. The zero-order chi connectivity index (χ0) is 28.1. The van der Waals surface area contributed by atoms with Gasteiger partial charge in [-0.3, -0.25) is 24.8 Å². The standard InChI is InChI=1S/C31H32FN5O3/c1-30(2)19-36(18-20-4-6-22(7-5-20)37-14-3-13-34-37)15-12-31(30,40)25-9-10-26-24(28(25)32)16-21(17-33-26)23-8-11-27(38)35-29(23)39/h3-7,9-10,13-14,16-17,23,40H,8,11-12,15,18-19H2,1-2H3,(H,35,38,39). The van der Waals surface area contributed by atoms with E-state index in [0.29, 0.717) is 37.0 Å². The molecule has 6 rings (SSSR count). The zero-order valence-corrected chi connectivity index (χ0v) is 22.6. The molecule has 0 radical (unpaired) electrons. The maximum Gasteiger partial charge on any atom is 0.234 e. The Hall–Kier alpha value is -3.95. The lowest BCUT2D eigenvalue weighted by atomic mass is 9.66. The normalized spacial score (nSPS) is 23.4. The number of carbonyl (C=O) groups excluding carboxylic acids is 2. The molecule has 0 saturated carbocycles. The van der Waals surface area contributed by atoms with Crippen LogP contribution in [-0.4, -0.2) is 49.7 Å².